The van der Waals surface area contributed by atoms with Gasteiger partial charge in [-0.15, -0.1) is 0 Å². The van der Waals surface area contributed by atoms with Crippen molar-refractivity contribution in [2.75, 3.05) is 16.0 Å². The lowest BCUT2D eigenvalue weighted by Gasteiger charge is -2.14. The first-order valence-corrected chi connectivity index (χ1v) is 10.5. The minimum absolute atomic E-state index is 0.128. The first kappa shape index (κ1) is 21.8. The first-order chi connectivity index (χ1) is 17.0. The zero-order valence-corrected chi connectivity index (χ0v) is 18.6. The zero-order valence-electron chi connectivity index (χ0n) is 18.6. The zero-order chi connectivity index (χ0) is 24.4. The van der Waals surface area contributed by atoms with Crippen molar-refractivity contribution in [1.82, 2.24) is 29.1 Å². The molecule has 0 spiro atoms. The summed E-state index contributed by atoms with van der Waals surface area (Å²) >= 11 is 0. The van der Waals surface area contributed by atoms with Crippen LogP contribution in [0.4, 0.5) is 33.2 Å². The maximum absolute atomic E-state index is 14.7. The van der Waals surface area contributed by atoms with Crippen LogP contribution in [0.5, 0.6) is 0 Å². The van der Waals surface area contributed by atoms with Crippen molar-refractivity contribution < 1.29 is 9.18 Å². The normalized spacial score (nSPS) is 10.8. The molecule has 1 aromatic carbocycles. The van der Waals surface area contributed by atoms with E-state index >= 15 is 0 Å². The molecule has 174 valence electrons. The number of hydrogen-bond donors (Lipinski definition) is 3. The number of pyridine rings is 1. The van der Waals surface area contributed by atoms with Crippen LogP contribution in [-0.4, -0.2) is 35.0 Å². The first-order valence-electron chi connectivity index (χ1n) is 10.5. The lowest BCUT2D eigenvalue weighted by atomic mass is 10.1. The fourth-order valence-electron chi connectivity index (χ4n) is 3.46. The average Bonchev–Trinajstić information content (AvgIpc) is 3.49. The van der Waals surface area contributed by atoms with Crippen LogP contribution in [-0.2, 0) is 11.8 Å². The van der Waals surface area contributed by atoms with Crippen molar-refractivity contribution in [2.24, 2.45) is 7.05 Å². The molecule has 0 radical (unpaired) electrons. The van der Waals surface area contributed by atoms with Crippen molar-refractivity contribution in [3.05, 3.63) is 86.0 Å². The number of imidazole rings is 1. The van der Waals surface area contributed by atoms with E-state index in [1.54, 1.807) is 36.5 Å². The van der Waals surface area contributed by atoms with E-state index in [0.29, 0.717) is 28.7 Å². The molecule has 10 nitrogen and oxygen atoms in total. The number of hydrogen-bond acceptors (Lipinski definition) is 7. The molecule has 0 bridgehead atoms. The molecule has 4 heterocycles. The number of anilines is 5. The number of carbonyl (C=O) groups is 1. The third-order valence-electron chi connectivity index (χ3n) is 5.12. The standard InChI is InChI=1S/C24H20FN9O/c1-3-22(35)29-16-5-6-19(25)20(10-16)31-23-18(15-4-7-21-26-8-9-34(21)13-15)12-27-24(32-23)30-17-11-28-33(2)14-17/h3-14H,1H2,2H3,(H,29,35)(H2,27,30,31,32). The van der Waals surface area contributed by atoms with Crippen LogP contribution in [0.1, 0.15) is 0 Å². The highest BCUT2D eigenvalue weighted by Crippen LogP contribution is 2.32. The molecule has 5 rings (SSSR count). The largest absolute Gasteiger partial charge is 0.337 e. The molecule has 1 amide bonds. The van der Waals surface area contributed by atoms with Gasteiger partial charge in [-0.3, -0.25) is 9.48 Å². The fourth-order valence-corrected chi connectivity index (χ4v) is 3.46. The molecule has 0 saturated carbocycles. The second kappa shape index (κ2) is 9.06. The van der Waals surface area contributed by atoms with Crippen LogP contribution >= 0.6 is 0 Å². The quantitative estimate of drug-likeness (QED) is 0.305. The Morgan fingerprint density at radius 1 is 1.09 bits per heavy atom. The predicted molar refractivity (Wildman–Crippen MR) is 131 cm³/mol. The summed E-state index contributed by atoms with van der Waals surface area (Å²) in [6, 6.07) is 7.96. The second-order valence-corrected chi connectivity index (χ2v) is 7.61. The Bertz CT molecular complexity index is 1560. The highest BCUT2D eigenvalue weighted by molar-refractivity contribution is 5.99. The number of aromatic nitrogens is 6. The van der Waals surface area contributed by atoms with E-state index in [4.69, 9.17) is 0 Å². The molecule has 4 aromatic heterocycles. The van der Waals surface area contributed by atoms with Gasteiger partial charge in [0.1, 0.15) is 17.3 Å². The number of rotatable bonds is 7. The molecule has 0 aliphatic rings. The van der Waals surface area contributed by atoms with Gasteiger partial charge in [0.2, 0.25) is 11.9 Å². The Hall–Kier alpha value is -5.06. The van der Waals surface area contributed by atoms with Gasteiger partial charge in [-0.2, -0.15) is 10.1 Å². The summed E-state index contributed by atoms with van der Waals surface area (Å²) in [4.78, 5) is 25.0. The summed E-state index contributed by atoms with van der Waals surface area (Å²) in [7, 11) is 1.80. The predicted octanol–water partition coefficient (Wildman–Crippen LogP) is 4.28. The molecule has 0 atom stereocenters. The van der Waals surface area contributed by atoms with Gasteiger partial charge in [0, 0.05) is 54.8 Å². The molecule has 0 saturated heterocycles. The molecule has 0 aliphatic heterocycles. The van der Waals surface area contributed by atoms with Gasteiger partial charge < -0.3 is 20.4 Å². The van der Waals surface area contributed by atoms with Crippen molar-refractivity contribution in [1.29, 1.82) is 0 Å². The van der Waals surface area contributed by atoms with E-state index in [9.17, 15) is 9.18 Å². The molecule has 0 unspecified atom stereocenters. The Morgan fingerprint density at radius 2 is 1.97 bits per heavy atom. The summed E-state index contributed by atoms with van der Waals surface area (Å²) in [6.07, 6.45) is 11.6. The molecule has 5 aromatic rings. The number of fused-ring (bicyclic) bond motifs is 1. The highest BCUT2D eigenvalue weighted by Gasteiger charge is 2.14. The van der Waals surface area contributed by atoms with Gasteiger partial charge >= 0.3 is 0 Å². The number of carbonyl (C=O) groups excluding carboxylic acids is 1. The van der Waals surface area contributed by atoms with Gasteiger partial charge in [0.05, 0.1) is 17.6 Å². The smallest absolute Gasteiger partial charge is 0.247 e. The monoisotopic (exact) mass is 469 g/mol. The SMILES string of the molecule is C=CC(=O)Nc1ccc(F)c(Nc2nc(Nc3cnn(C)c3)ncc2-c2ccc3nccn3c2)c1. The fraction of sp³-hybridized carbons (Fsp3) is 0.0417. The van der Waals surface area contributed by atoms with Crippen molar-refractivity contribution >= 4 is 40.4 Å². The number of nitrogens with zero attached hydrogens (tertiary/aromatic N) is 6. The van der Waals surface area contributed by atoms with Gasteiger partial charge in [-0.25, -0.2) is 14.4 Å². The van der Waals surface area contributed by atoms with E-state index in [-0.39, 0.29) is 5.69 Å². The summed E-state index contributed by atoms with van der Waals surface area (Å²) in [5, 5.41) is 12.9. The molecular weight excluding hydrogens is 449 g/mol. The van der Waals surface area contributed by atoms with E-state index in [0.717, 1.165) is 17.3 Å². The average molecular weight is 469 g/mol. The summed E-state index contributed by atoms with van der Waals surface area (Å²) in [5.41, 5.74) is 3.45. The molecule has 11 heteroatoms. The van der Waals surface area contributed by atoms with Gasteiger partial charge in [-0.1, -0.05) is 6.58 Å². The van der Waals surface area contributed by atoms with Crippen LogP contribution in [0.2, 0.25) is 0 Å². The minimum Gasteiger partial charge on any atom is -0.337 e. The van der Waals surface area contributed by atoms with E-state index < -0.39 is 11.7 Å². The number of amides is 1. The Labute approximate surface area is 199 Å². The summed E-state index contributed by atoms with van der Waals surface area (Å²) in [5.74, 6) is -0.263. The van der Waals surface area contributed by atoms with E-state index in [1.165, 1.54) is 18.2 Å². The maximum atomic E-state index is 14.7. The molecule has 35 heavy (non-hydrogen) atoms. The van der Waals surface area contributed by atoms with Gasteiger partial charge in [0.15, 0.2) is 0 Å². The number of benzene rings is 1. The third-order valence-corrected chi connectivity index (χ3v) is 5.12. The summed E-state index contributed by atoms with van der Waals surface area (Å²) < 4.78 is 18.3. The molecular formula is C24H20FN9O. The third kappa shape index (κ3) is 4.69. The topological polar surface area (TPSA) is 114 Å². The van der Waals surface area contributed by atoms with Crippen molar-refractivity contribution in [2.45, 2.75) is 0 Å². The molecule has 0 fully saturated rings. The Balaban J connectivity index is 1.56. The second-order valence-electron chi connectivity index (χ2n) is 7.61. The van der Waals surface area contributed by atoms with Crippen molar-refractivity contribution in [3.63, 3.8) is 0 Å². The number of halogens is 1. The lowest BCUT2D eigenvalue weighted by Crippen LogP contribution is -2.08. The molecule has 0 aliphatic carbocycles. The van der Waals surface area contributed by atoms with Crippen LogP contribution < -0.4 is 16.0 Å². The Morgan fingerprint density at radius 3 is 2.77 bits per heavy atom. The van der Waals surface area contributed by atoms with Crippen LogP contribution in [0.3, 0.4) is 0 Å². The van der Waals surface area contributed by atoms with Gasteiger partial charge in [-0.05, 0) is 36.4 Å². The minimum atomic E-state index is -0.516. The van der Waals surface area contributed by atoms with Crippen molar-refractivity contribution in [3.8, 4) is 11.1 Å². The highest BCUT2D eigenvalue weighted by atomic mass is 19.1. The Kier molecular flexibility index (Phi) is 5.63. The van der Waals surface area contributed by atoms with Crippen LogP contribution in [0, 0.1) is 5.82 Å². The van der Waals surface area contributed by atoms with Crippen LogP contribution in [0.25, 0.3) is 16.8 Å². The van der Waals surface area contributed by atoms with E-state index in [1.807, 2.05) is 28.9 Å². The van der Waals surface area contributed by atoms with E-state index in [2.05, 4.69) is 42.6 Å². The number of nitrogens with one attached hydrogen (secondary N) is 3. The van der Waals surface area contributed by atoms with Gasteiger partial charge in [0.25, 0.3) is 0 Å². The lowest BCUT2D eigenvalue weighted by molar-refractivity contribution is -0.111. The number of aryl methyl sites for hydroxylation is 1. The van der Waals surface area contributed by atoms with Crippen LogP contribution in [0.15, 0.2) is 80.2 Å². The summed E-state index contributed by atoms with van der Waals surface area (Å²) in [6.45, 7) is 3.43. The maximum Gasteiger partial charge on any atom is 0.247 e. The molecule has 3 N–H and O–H groups in total.